The number of anilines is 1. The molecule has 6 N–H and O–H groups in total. The van der Waals surface area contributed by atoms with E-state index in [1.165, 1.54) is 85.3 Å². The topological polar surface area (TPSA) is 223 Å². The van der Waals surface area contributed by atoms with E-state index in [1.54, 1.807) is 39.8 Å². The van der Waals surface area contributed by atoms with Crippen LogP contribution < -0.4 is 10.1 Å². The van der Waals surface area contributed by atoms with Crippen molar-refractivity contribution in [2.45, 2.75) is 150 Å². The standard InChI is InChI=1S/C49H70N2O13/c1-11-12-13-14-15-16-17-18-19-24-62-50-26-34-39-44(57)37-36(43(34)56)38-46(32(7)42(37)55)64-49(9,47(38)58)61-25-23-35(60-10)29(4)45(63-33(8)52)31(6)41(54)30(5)40(53)27(2)21-20-22-28(3)48(59)51-39/h20-23,25-27,29-31,35,40-41,45,53-57H,11-19,24H2,1-10H3,(H,51,59)/t27-,29+,30-,31-,35+,40-,41-,45+,49+/m1/s1. The predicted octanol–water partition coefficient (Wildman–Crippen LogP) is 8.64. The number of hydrogen-bond acceptors (Lipinski definition) is 14. The van der Waals surface area contributed by atoms with Gasteiger partial charge in [0.1, 0.15) is 30.0 Å². The summed E-state index contributed by atoms with van der Waals surface area (Å²) >= 11 is 0. The minimum absolute atomic E-state index is 0.0438. The summed E-state index contributed by atoms with van der Waals surface area (Å²) in [6.45, 7) is 15.0. The van der Waals surface area contributed by atoms with Crippen LogP contribution in [0.2, 0.25) is 0 Å². The lowest BCUT2D eigenvalue weighted by molar-refractivity contribution is -0.160. The highest BCUT2D eigenvalue weighted by Crippen LogP contribution is 2.55. The average molecular weight is 895 g/mol. The molecule has 2 aromatic rings. The van der Waals surface area contributed by atoms with Crippen LogP contribution in [0.1, 0.15) is 135 Å². The molecule has 2 aromatic carbocycles. The minimum atomic E-state index is -2.06. The number of phenols is 3. The molecule has 3 aliphatic heterocycles. The summed E-state index contributed by atoms with van der Waals surface area (Å²) in [6, 6.07) is 0. The Kier molecular flexibility index (Phi) is 18.7. The monoisotopic (exact) mass is 894 g/mol. The third-order valence-electron chi connectivity index (χ3n) is 12.6. The van der Waals surface area contributed by atoms with Gasteiger partial charge in [-0.25, -0.2) is 0 Å². The van der Waals surface area contributed by atoms with E-state index in [-0.39, 0.29) is 51.1 Å². The number of hydrogen-bond donors (Lipinski definition) is 6. The quantitative estimate of drug-likeness (QED) is 0.0261. The zero-order valence-corrected chi connectivity index (χ0v) is 39.1. The number of nitrogens with one attached hydrogen (secondary N) is 1. The molecule has 0 unspecified atom stereocenters. The largest absolute Gasteiger partial charge is 0.507 e. The number of allylic oxidation sites excluding steroid dienone is 2. The molecule has 0 aromatic heterocycles. The average Bonchev–Trinajstić information content (AvgIpc) is 3.52. The Morgan fingerprint density at radius 3 is 2.14 bits per heavy atom. The molecule has 354 valence electrons. The summed E-state index contributed by atoms with van der Waals surface area (Å²) < 4.78 is 23.6. The zero-order valence-electron chi connectivity index (χ0n) is 39.1. The van der Waals surface area contributed by atoms with E-state index in [4.69, 9.17) is 23.8 Å². The van der Waals surface area contributed by atoms with Gasteiger partial charge < -0.3 is 54.6 Å². The number of rotatable bonds is 14. The smallest absolute Gasteiger partial charge is 0.312 e. The van der Waals surface area contributed by atoms with Gasteiger partial charge in [0.15, 0.2) is 5.75 Å². The summed E-state index contributed by atoms with van der Waals surface area (Å²) in [5, 5.41) is 64.6. The number of Topliss-reactive ketones (excluding diaryl/α,β-unsaturated/α-hetero) is 1. The molecule has 3 heterocycles. The number of fused-ring (bicyclic) bond motifs is 14. The van der Waals surface area contributed by atoms with Gasteiger partial charge in [-0.3, -0.25) is 14.4 Å². The molecule has 3 aliphatic rings. The van der Waals surface area contributed by atoms with Crippen LogP contribution in [0.5, 0.6) is 23.0 Å². The molecular weight excluding hydrogens is 825 g/mol. The van der Waals surface area contributed by atoms with Gasteiger partial charge in [-0.1, -0.05) is 103 Å². The summed E-state index contributed by atoms with van der Waals surface area (Å²) in [5.74, 6) is -8.54. The predicted molar refractivity (Wildman–Crippen MR) is 245 cm³/mol. The molecule has 0 radical (unpaired) electrons. The molecule has 0 spiro atoms. The number of nitrogens with zero attached hydrogens (tertiary/aromatic N) is 1. The van der Waals surface area contributed by atoms with Crippen molar-refractivity contribution in [1.82, 2.24) is 0 Å². The number of oxime groups is 1. The first-order valence-electron chi connectivity index (χ1n) is 22.6. The summed E-state index contributed by atoms with van der Waals surface area (Å²) in [7, 11) is 1.44. The third-order valence-corrected chi connectivity index (χ3v) is 12.6. The normalized spacial score (nSPS) is 26.8. The summed E-state index contributed by atoms with van der Waals surface area (Å²) in [5.41, 5.74) is -0.530. The highest BCUT2D eigenvalue weighted by atomic mass is 16.7. The van der Waals surface area contributed by atoms with Crippen LogP contribution in [0, 0.1) is 30.6 Å². The fourth-order valence-corrected chi connectivity index (χ4v) is 8.49. The van der Waals surface area contributed by atoms with Crippen molar-refractivity contribution in [2.75, 3.05) is 19.0 Å². The SMILES string of the molecule is CCCCCCCCCCCON=Cc1c2c(O)c3c(O)c(C)c4c(c3c1O)C(=O)[C@@](C)(OC=C[C@H](OC)[C@H](C)[C@H](OC(C)=O)[C@H](C)[C@H](O)[C@H](C)[C@H](O)[C@H](C)C=CC=C(C)C(=O)N2)O4. The molecule has 0 aliphatic carbocycles. The number of aliphatic hydroxyl groups is 2. The number of unbranched alkanes of at least 4 members (excludes halogenated alkanes) is 8. The van der Waals surface area contributed by atoms with Crippen LogP contribution in [0.4, 0.5) is 5.69 Å². The van der Waals surface area contributed by atoms with Gasteiger partial charge in [0.25, 0.3) is 11.7 Å². The van der Waals surface area contributed by atoms with Crippen LogP contribution >= 0.6 is 0 Å². The van der Waals surface area contributed by atoms with Crippen LogP contribution in [-0.2, 0) is 28.6 Å². The molecule has 15 heteroatoms. The molecule has 15 nitrogen and oxygen atoms in total. The van der Waals surface area contributed by atoms with Crippen molar-refractivity contribution in [2.24, 2.45) is 28.8 Å². The molecule has 5 rings (SSSR count). The van der Waals surface area contributed by atoms with Crippen LogP contribution in [0.3, 0.4) is 0 Å². The lowest BCUT2D eigenvalue weighted by atomic mass is 9.78. The number of ketones is 1. The molecule has 0 saturated carbocycles. The number of ether oxygens (including phenoxy) is 4. The van der Waals surface area contributed by atoms with E-state index in [9.17, 15) is 39.9 Å². The van der Waals surface area contributed by atoms with E-state index in [1.807, 2.05) is 0 Å². The maximum absolute atomic E-state index is 14.5. The highest BCUT2D eigenvalue weighted by molar-refractivity contribution is 6.23. The Bertz CT molecular complexity index is 2090. The third kappa shape index (κ3) is 11.8. The lowest BCUT2D eigenvalue weighted by Gasteiger charge is -2.38. The number of carbonyl (C=O) groups is 3. The zero-order chi connectivity index (χ0) is 47.5. The fourth-order valence-electron chi connectivity index (χ4n) is 8.49. The van der Waals surface area contributed by atoms with Crippen LogP contribution in [-0.4, -0.2) is 93.3 Å². The fraction of sp³-hybridized carbons (Fsp3) is 0.592. The molecular formula is C49H70N2O13. The number of methoxy groups -OCH3 is 1. The van der Waals surface area contributed by atoms with Crippen LogP contribution in [0.15, 0.2) is 41.3 Å². The highest BCUT2D eigenvalue weighted by Gasteiger charge is 2.50. The number of aromatic hydroxyl groups is 3. The Morgan fingerprint density at radius 1 is 0.875 bits per heavy atom. The number of carbonyl (C=O) groups excluding carboxylic acids is 3. The Balaban J connectivity index is 1.82. The Hall–Kier alpha value is -5.12. The van der Waals surface area contributed by atoms with E-state index in [0.717, 1.165) is 31.9 Å². The number of aliphatic hydroxyl groups excluding tert-OH is 2. The number of phenolic OH excluding ortho intramolecular Hbond substituents is 3. The van der Waals surface area contributed by atoms with Gasteiger partial charge in [0.2, 0.25) is 0 Å². The molecule has 5 bridgehead atoms. The van der Waals surface area contributed by atoms with E-state index in [2.05, 4.69) is 17.4 Å². The van der Waals surface area contributed by atoms with E-state index >= 15 is 0 Å². The van der Waals surface area contributed by atoms with Crippen LogP contribution in [0.25, 0.3) is 10.8 Å². The second kappa shape index (κ2) is 23.2. The van der Waals surface area contributed by atoms with Crippen molar-refractivity contribution in [3.8, 4) is 23.0 Å². The van der Waals surface area contributed by atoms with Gasteiger partial charge in [0.05, 0.1) is 53.0 Å². The summed E-state index contributed by atoms with van der Waals surface area (Å²) in [6.07, 6.45) is 14.6. The van der Waals surface area contributed by atoms with Gasteiger partial charge in [-0.2, -0.15) is 0 Å². The maximum Gasteiger partial charge on any atom is 0.312 e. The Morgan fingerprint density at radius 2 is 1.52 bits per heavy atom. The number of benzene rings is 2. The van der Waals surface area contributed by atoms with Crippen molar-refractivity contribution in [1.29, 1.82) is 0 Å². The molecule has 9 atom stereocenters. The second-order valence-corrected chi connectivity index (χ2v) is 17.5. The molecule has 1 amide bonds. The summed E-state index contributed by atoms with van der Waals surface area (Å²) in [4.78, 5) is 46.1. The molecule has 0 fully saturated rings. The number of esters is 1. The van der Waals surface area contributed by atoms with Crippen molar-refractivity contribution >= 4 is 40.3 Å². The van der Waals surface area contributed by atoms with Gasteiger partial charge in [0, 0.05) is 61.2 Å². The first kappa shape index (κ1) is 51.5. The maximum atomic E-state index is 14.5. The van der Waals surface area contributed by atoms with Crippen molar-refractivity contribution in [3.63, 3.8) is 0 Å². The first-order chi connectivity index (χ1) is 30.3. The van der Waals surface area contributed by atoms with Crippen molar-refractivity contribution in [3.05, 3.63) is 52.8 Å². The molecule has 0 saturated heterocycles. The van der Waals surface area contributed by atoms with Gasteiger partial charge >= 0.3 is 11.8 Å². The minimum Gasteiger partial charge on any atom is -0.507 e. The molecule has 64 heavy (non-hydrogen) atoms. The first-order valence-corrected chi connectivity index (χ1v) is 22.6. The Labute approximate surface area is 377 Å². The van der Waals surface area contributed by atoms with E-state index in [0.29, 0.717) is 0 Å². The van der Waals surface area contributed by atoms with Gasteiger partial charge in [-0.05, 0) is 32.8 Å². The second-order valence-electron chi connectivity index (χ2n) is 17.5. The van der Waals surface area contributed by atoms with E-state index < -0.39 is 88.8 Å². The lowest BCUT2D eigenvalue weighted by Crippen LogP contribution is -2.46. The van der Waals surface area contributed by atoms with Gasteiger partial charge in [-0.15, -0.1) is 0 Å². The van der Waals surface area contributed by atoms with Crippen molar-refractivity contribution < 1.29 is 63.7 Å². The number of amides is 1.